The number of benzene rings is 1. The molecule has 6 rings (SSSR count). The van der Waals surface area contributed by atoms with Crippen molar-refractivity contribution in [2.45, 2.75) is 20.0 Å². The van der Waals surface area contributed by atoms with Gasteiger partial charge in [-0.05, 0) is 26.1 Å². The minimum Gasteiger partial charge on any atom is -0.378 e. The van der Waals surface area contributed by atoms with Crippen molar-refractivity contribution in [2.24, 2.45) is 0 Å². The summed E-state index contributed by atoms with van der Waals surface area (Å²) in [6, 6.07) is 12.6. The number of anilines is 1. The van der Waals surface area contributed by atoms with E-state index in [0.717, 1.165) is 85.7 Å². The first-order valence-electron chi connectivity index (χ1n) is 11.2. The Labute approximate surface area is 187 Å². The van der Waals surface area contributed by atoms with Crippen LogP contribution in [0.4, 0.5) is 5.69 Å². The van der Waals surface area contributed by atoms with Crippen molar-refractivity contribution in [2.75, 3.05) is 44.8 Å². The zero-order chi connectivity index (χ0) is 21.7. The van der Waals surface area contributed by atoms with Crippen molar-refractivity contribution >= 4 is 16.9 Å². The minimum absolute atomic E-state index is 0.731. The number of morpholine rings is 1. The number of nitrogens with zero attached hydrogens (tertiary/aromatic N) is 7. The Hall–Kier alpha value is -3.23. The second kappa shape index (κ2) is 7.72. The van der Waals surface area contributed by atoms with E-state index in [2.05, 4.69) is 64.7 Å². The Balaban J connectivity index is 1.48. The molecule has 8 heteroatoms. The first-order chi connectivity index (χ1) is 15.7. The SMILES string of the molecule is Cc1cccc(-c2ccn(-c3cc(N4CCOCC4)c4nc5n(c4n3)CCN(C)C5)n2)c1. The van der Waals surface area contributed by atoms with Crippen LogP contribution in [-0.2, 0) is 17.8 Å². The molecule has 0 unspecified atom stereocenters. The van der Waals surface area contributed by atoms with Gasteiger partial charge in [0.05, 0.1) is 31.1 Å². The van der Waals surface area contributed by atoms with Gasteiger partial charge in [-0.3, -0.25) is 4.90 Å². The molecule has 0 radical (unpaired) electrons. The third-order valence-electron chi connectivity index (χ3n) is 6.35. The maximum absolute atomic E-state index is 5.60. The molecule has 2 aliphatic rings. The minimum atomic E-state index is 0.731. The molecule has 0 amide bonds. The van der Waals surface area contributed by atoms with Crippen LogP contribution in [-0.4, -0.2) is 69.1 Å². The maximum Gasteiger partial charge on any atom is 0.164 e. The number of ether oxygens (including phenoxy) is 1. The van der Waals surface area contributed by atoms with Crippen LogP contribution >= 0.6 is 0 Å². The summed E-state index contributed by atoms with van der Waals surface area (Å²) in [5, 5.41) is 4.87. The Morgan fingerprint density at radius 2 is 1.84 bits per heavy atom. The topological polar surface area (TPSA) is 64.2 Å². The molecule has 0 aliphatic carbocycles. The number of rotatable bonds is 3. The van der Waals surface area contributed by atoms with E-state index in [-0.39, 0.29) is 0 Å². The number of aromatic nitrogens is 5. The predicted octanol–water partition coefficient (Wildman–Crippen LogP) is 2.87. The number of likely N-dealkylation sites (N-methyl/N-ethyl adjacent to an activating group) is 1. The van der Waals surface area contributed by atoms with E-state index < -0.39 is 0 Å². The molecular formula is C24H27N7O. The summed E-state index contributed by atoms with van der Waals surface area (Å²) >= 11 is 0. The van der Waals surface area contributed by atoms with Crippen molar-refractivity contribution in [3.05, 3.63) is 54.0 Å². The lowest BCUT2D eigenvalue weighted by Gasteiger charge is -2.29. The average Bonchev–Trinajstić information content (AvgIpc) is 3.44. The number of pyridine rings is 1. The van der Waals surface area contributed by atoms with Crippen LogP contribution in [0.2, 0.25) is 0 Å². The van der Waals surface area contributed by atoms with Gasteiger partial charge in [0.2, 0.25) is 0 Å². The summed E-state index contributed by atoms with van der Waals surface area (Å²) in [6.07, 6.45) is 2.00. The molecule has 2 aliphatic heterocycles. The van der Waals surface area contributed by atoms with Gasteiger partial charge in [0.25, 0.3) is 0 Å². The zero-order valence-electron chi connectivity index (χ0n) is 18.5. The molecule has 0 N–H and O–H groups in total. The number of hydrogen-bond donors (Lipinski definition) is 0. The lowest BCUT2D eigenvalue weighted by molar-refractivity contribution is 0.123. The van der Waals surface area contributed by atoms with Crippen LogP contribution in [0.3, 0.4) is 0 Å². The highest BCUT2D eigenvalue weighted by atomic mass is 16.5. The summed E-state index contributed by atoms with van der Waals surface area (Å²) in [6.45, 7) is 8.01. The molecule has 1 saturated heterocycles. The molecule has 0 spiro atoms. The fourth-order valence-corrected chi connectivity index (χ4v) is 4.63. The van der Waals surface area contributed by atoms with Crippen LogP contribution < -0.4 is 4.90 Å². The second-order valence-electron chi connectivity index (χ2n) is 8.70. The smallest absolute Gasteiger partial charge is 0.164 e. The monoisotopic (exact) mass is 429 g/mol. The molecule has 0 saturated carbocycles. The fourth-order valence-electron chi connectivity index (χ4n) is 4.63. The molecular weight excluding hydrogens is 402 g/mol. The van der Waals surface area contributed by atoms with Crippen molar-refractivity contribution in [1.29, 1.82) is 0 Å². The van der Waals surface area contributed by atoms with Crippen molar-refractivity contribution in [3.63, 3.8) is 0 Å². The molecule has 4 aromatic rings. The van der Waals surface area contributed by atoms with Gasteiger partial charge in [-0.2, -0.15) is 5.10 Å². The molecule has 5 heterocycles. The Morgan fingerprint density at radius 3 is 2.69 bits per heavy atom. The van der Waals surface area contributed by atoms with Crippen LogP contribution in [0, 0.1) is 6.92 Å². The zero-order valence-corrected chi connectivity index (χ0v) is 18.5. The highest BCUT2D eigenvalue weighted by Crippen LogP contribution is 2.31. The van der Waals surface area contributed by atoms with E-state index in [4.69, 9.17) is 19.8 Å². The largest absolute Gasteiger partial charge is 0.378 e. The molecule has 0 atom stereocenters. The lowest BCUT2D eigenvalue weighted by atomic mass is 10.1. The summed E-state index contributed by atoms with van der Waals surface area (Å²) in [5.74, 6) is 1.90. The van der Waals surface area contributed by atoms with Crippen LogP contribution in [0.1, 0.15) is 11.4 Å². The highest BCUT2D eigenvalue weighted by molar-refractivity contribution is 5.88. The van der Waals surface area contributed by atoms with E-state index in [1.54, 1.807) is 0 Å². The molecule has 1 fully saturated rings. The van der Waals surface area contributed by atoms with E-state index in [9.17, 15) is 0 Å². The second-order valence-corrected chi connectivity index (χ2v) is 8.70. The van der Waals surface area contributed by atoms with Crippen molar-refractivity contribution in [1.82, 2.24) is 29.2 Å². The normalized spacial score (nSPS) is 17.1. The molecule has 3 aromatic heterocycles. The Bertz CT molecular complexity index is 1280. The standard InChI is InChI=1S/C24H27N7O/c1-17-4-3-5-18(14-17)19-6-7-31(27-19)21-15-20(29-10-12-32-13-11-29)23-24(26-21)30-9-8-28(2)16-22(30)25-23/h3-7,14-15H,8-13,16H2,1-2H3. The summed E-state index contributed by atoms with van der Waals surface area (Å²) < 4.78 is 9.75. The third-order valence-corrected chi connectivity index (χ3v) is 6.35. The number of imidazole rings is 1. The summed E-state index contributed by atoms with van der Waals surface area (Å²) in [5.41, 5.74) is 6.32. The lowest BCUT2D eigenvalue weighted by Crippen LogP contribution is -2.36. The molecule has 164 valence electrons. The average molecular weight is 430 g/mol. The quantitative estimate of drug-likeness (QED) is 0.499. The van der Waals surface area contributed by atoms with E-state index in [1.807, 2.05) is 10.9 Å². The van der Waals surface area contributed by atoms with Crippen molar-refractivity contribution < 1.29 is 4.74 Å². The van der Waals surface area contributed by atoms with Gasteiger partial charge in [-0.1, -0.05) is 23.8 Å². The summed E-state index contributed by atoms with van der Waals surface area (Å²) in [7, 11) is 2.14. The molecule has 0 bridgehead atoms. The predicted molar refractivity (Wildman–Crippen MR) is 124 cm³/mol. The van der Waals surface area contributed by atoms with Crippen LogP contribution in [0.15, 0.2) is 42.6 Å². The summed E-state index contributed by atoms with van der Waals surface area (Å²) in [4.78, 5) is 14.7. The van der Waals surface area contributed by atoms with Gasteiger partial charge in [-0.25, -0.2) is 14.6 Å². The molecule has 8 nitrogen and oxygen atoms in total. The number of fused-ring (bicyclic) bond motifs is 3. The maximum atomic E-state index is 5.60. The van der Waals surface area contributed by atoms with E-state index >= 15 is 0 Å². The first-order valence-corrected chi connectivity index (χ1v) is 11.2. The van der Waals surface area contributed by atoms with Gasteiger partial charge < -0.3 is 14.2 Å². The first kappa shape index (κ1) is 19.5. The van der Waals surface area contributed by atoms with Gasteiger partial charge in [0.1, 0.15) is 11.3 Å². The van der Waals surface area contributed by atoms with E-state index in [0.29, 0.717) is 0 Å². The van der Waals surface area contributed by atoms with E-state index in [1.165, 1.54) is 5.56 Å². The van der Waals surface area contributed by atoms with Gasteiger partial charge in [0, 0.05) is 44.0 Å². The highest BCUT2D eigenvalue weighted by Gasteiger charge is 2.24. The Morgan fingerprint density at radius 1 is 0.969 bits per heavy atom. The Kier molecular flexibility index (Phi) is 4.69. The van der Waals surface area contributed by atoms with Crippen molar-refractivity contribution in [3.8, 4) is 17.1 Å². The van der Waals surface area contributed by atoms with Gasteiger partial charge in [-0.15, -0.1) is 0 Å². The van der Waals surface area contributed by atoms with Crippen LogP contribution in [0.5, 0.6) is 0 Å². The molecule has 32 heavy (non-hydrogen) atoms. The number of aryl methyl sites for hydroxylation is 1. The number of hydrogen-bond acceptors (Lipinski definition) is 6. The van der Waals surface area contributed by atoms with Gasteiger partial charge in [0.15, 0.2) is 11.5 Å². The fraction of sp³-hybridized carbons (Fsp3) is 0.375. The van der Waals surface area contributed by atoms with Gasteiger partial charge >= 0.3 is 0 Å². The van der Waals surface area contributed by atoms with Crippen LogP contribution in [0.25, 0.3) is 28.2 Å². The molecule has 1 aromatic carbocycles. The third kappa shape index (κ3) is 3.36.